The number of amides is 1. The van der Waals surface area contributed by atoms with Gasteiger partial charge in [0.05, 0.1) is 4.90 Å². The third-order valence-corrected chi connectivity index (χ3v) is 4.77. The Balaban J connectivity index is 3.17. The molecule has 1 unspecified atom stereocenters. The van der Waals surface area contributed by atoms with E-state index in [1.807, 2.05) is 0 Å². The number of hydrogen-bond donors (Lipinski definition) is 2. The quantitative estimate of drug-likeness (QED) is 0.796. The molecule has 15 heavy (non-hydrogen) atoms. The van der Waals surface area contributed by atoms with Gasteiger partial charge in [0.25, 0.3) is 0 Å². The Morgan fingerprint density at radius 3 is 2.20 bits per heavy atom. The molecule has 1 rings (SSSR count). The molecule has 82 valence electrons. The standard InChI is InChI=1S/C8H8ClNO3S2/c9-5-1-3-6(4-2-5)15(12,13)8(14)7(10)11/h1-4,8,14H,(H2,10,11). The van der Waals surface area contributed by atoms with Crippen LogP contribution in [0.4, 0.5) is 0 Å². The highest BCUT2D eigenvalue weighted by Crippen LogP contribution is 2.20. The molecule has 2 N–H and O–H groups in total. The van der Waals surface area contributed by atoms with Crippen molar-refractivity contribution in [2.24, 2.45) is 5.73 Å². The molecule has 0 aliphatic rings. The minimum absolute atomic E-state index is 0.0364. The monoisotopic (exact) mass is 265 g/mol. The number of rotatable bonds is 3. The average Bonchev–Trinajstić information content (AvgIpc) is 2.17. The first-order chi connectivity index (χ1) is 6.85. The summed E-state index contributed by atoms with van der Waals surface area (Å²) in [4.78, 5) is 10.7. The zero-order valence-corrected chi connectivity index (χ0v) is 9.89. The Kier molecular flexibility index (Phi) is 3.64. The van der Waals surface area contributed by atoms with Crippen LogP contribution in [0, 0.1) is 0 Å². The maximum atomic E-state index is 11.7. The fourth-order valence-corrected chi connectivity index (χ4v) is 2.48. The van der Waals surface area contributed by atoms with Crippen LogP contribution in [-0.2, 0) is 14.6 Å². The molecular weight excluding hydrogens is 258 g/mol. The predicted octanol–water partition coefficient (Wildman–Crippen LogP) is 0.855. The molecule has 0 radical (unpaired) electrons. The number of thiol groups is 1. The minimum Gasteiger partial charge on any atom is -0.368 e. The van der Waals surface area contributed by atoms with Crippen molar-refractivity contribution in [1.29, 1.82) is 0 Å². The third-order valence-electron chi connectivity index (χ3n) is 1.68. The highest BCUT2D eigenvalue weighted by molar-refractivity contribution is 8.06. The van der Waals surface area contributed by atoms with Crippen LogP contribution in [0.5, 0.6) is 0 Å². The molecular formula is C8H8ClNO3S2. The van der Waals surface area contributed by atoms with Crippen molar-refractivity contribution in [1.82, 2.24) is 0 Å². The van der Waals surface area contributed by atoms with Crippen LogP contribution in [-0.4, -0.2) is 18.9 Å². The summed E-state index contributed by atoms with van der Waals surface area (Å²) in [5.74, 6) is -1.01. The molecule has 0 fully saturated rings. The Labute approximate surface area is 97.7 Å². The van der Waals surface area contributed by atoms with Gasteiger partial charge in [-0.3, -0.25) is 4.79 Å². The fraction of sp³-hybridized carbons (Fsp3) is 0.125. The second kappa shape index (κ2) is 4.42. The Bertz CT molecular complexity index is 469. The van der Waals surface area contributed by atoms with Crippen molar-refractivity contribution in [3.05, 3.63) is 29.3 Å². The molecule has 0 heterocycles. The van der Waals surface area contributed by atoms with Gasteiger partial charge in [-0.2, -0.15) is 0 Å². The maximum absolute atomic E-state index is 11.7. The first-order valence-corrected chi connectivity index (χ1v) is 6.26. The van der Waals surface area contributed by atoms with Crippen LogP contribution in [0.2, 0.25) is 5.02 Å². The Morgan fingerprint density at radius 2 is 1.80 bits per heavy atom. The average molecular weight is 266 g/mol. The molecule has 7 heteroatoms. The first-order valence-electron chi connectivity index (χ1n) is 3.82. The third kappa shape index (κ3) is 2.64. The van der Waals surface area contributed by atoms with Crippen molar-refractivity contribution in [3.63, 3.8) is 0 Å². The normalized spacial score (nSPS) is 13.5. The van der Waals surface area contributed by atoms with Gasteiger partial charge in [-0.05, 0) is 24.3 Å². The zero-order chi connectivity index (χ0) is 11.6. The molecule has 0 saturated carbocycles. The largest absolute Gasteiger partial charge is 0.368 e. The van der Waals surface area contributed by atoms with Gasteiger partial charge in [0.2, 0.25) is 5.91 Å². The second-order valence-electron chi connectivity index (χ2n) is 2.75. The lowest BCUT2D eigenvalue weighted by atomic mass is 10.4. The summed E-state index contributed by atoms with van der Waals surface area (Å²) in [5, 5.41) is 0.406. The van der Waals surface area contributed by atoms with Gasteiger partial charge in [-0.15, -0.1) is 12.6 Å². The van der Waals surface area contributed by atoms with Crippen LogP contribution in [0.25, 0.3) is 0 Å². The molecule has 1 amide bonds. The lowest BCUT2D eigenvalue weighted by Gasteiger charge is -2.08. The molecule has 0 bridgehead atoms. The van der Waals surface area contributed by atoms with E-state index in [-0.39, 0.29) is 4.90 Å². The van der Waals surface area contributed by atoms with E-state index in [1.54, 1.807) is 0 Å². The van der Waals surface area contributed by atoms with Gasteiger partial charge in [-0.1, -0.05) is 11.6 Å². The summed E-state index contributed by atoms with van der Waals surface area (Å²) in [6.07, 6.45) is 0. The van der Waals surface area contributed by atoms with Crippen molar-refractivity contribution in [3.8, 4) is 0 Å². The van der Waals surface area contributed by atoms with E-state index in [0.717, 1.165) is 0 Å². The van der Waals surface area contributed by atoms with E-state index in [2.05, 4.69) is 12.6 Å². The topological polar surface area (TPSA) is 77.2 Å². The van der Waals surface area contributed by atoms with E-state index in [9.17, 15) is 13.2 Å². The number of carbonyl (C=O) groups is 1. The van der Waals surface area contributed by atoms with Crippen molar-refractivity contribution < 1.29 is 13.2 Å². The highest BCUT2D eigenvalue weighted by Gasteiger charge is 2.28. The summed E-state index contributed by atoms with van der Waals surface area (Å²) in [6.45, 7) is 0. The van der Waals surface area contributed by atoms with Crippen molar-refractivity contribution in [2.45, 2.75) is 9.48 Å². The SMILES string of the molecule is NC(=O)C(S)S(=O)(=O)c1ccc(Cl)cc1. The minimum atomic E-state index is -3.82. The number of nitrogens with two attached hydrogens (primary N) is 1. The van der Waals surface area contributed by atoms with E-state index < -0.39 is 20.3 Å². The van der Waals surface area contributed by atoms with Gasteiger partial charge >= 0.3 is 0 Å². The van der Waals surface area contributed by atoms with Gasteiger partial charge in [0, 0.05) is 5.02 Å². The fourth-order valence-electron chi connectivity index (χ4n) is 0.906. The Hall–Kier alpha value is -0.720. The molecule has 0 spiro atoms. The Morgan fingerprint density at radius 1 is 1.33 bits per heavy atom. The van der Waals surface area contributed by atoms with Gasteiger partial charge in [-0.25, -0.2) is 8.42 Å². The molecule has 0 aliphatic carbocycles. The van der Waals surface area contributed by atoms with E-state index >= 15 is 0 Å². The lowest BCUT2D eigenvalue weighted by molar-refractivity contribution is -0.116. The van der Waals surface area contributed by atoms with Crippen molar-refractivity contribution in [2.75, 3.05) is 0 Å². The van der Waals surface area contributed by atoms with E-state index in [4.69, 9.17) is 17.3 Å². The number of carbonyl (C=O) groups excluding carboxylic acids is 1. The predicted molar refractivity (Wildman–Crippen MR) is 60.6 cm³/mol. The number of sulfone groups is 1. The van der Waals surface area contributed by atoms with E-state index in [1.165, 1.54) is 24.3 Å². The number of halogens is 1. The molecule has 0 aliphatic heterocycles. The molecule has 0 aromatic heterocycles. The van der Waals surface area contributed by atoms with E-state index in [0.29, 0.717) is 5.02 Å². The van der Waals surface area contributed by atoms with Gasteiger partial charge < -0.3 is 5.73 Å². The van der Waals surface area contributed by atoms with Crippen LogP contribution < -0.4 is 5.73 Å². The number of hydrogen-bond acceptors (Lipinski definition) is 4. The number of primary amides is 1. The van der Waals surface area contributed by atoms with Gasteiger partial charge in [0.1, 0.15) is 0 Å². The van der Waals surface area contributed by atoms with Crippen molar-refractivity contribution >= 4 is 40.0 Å². The summed E-state index contributed by atoms with van der Waals surface area (Å²) in [7, 11) is -3.82. The zero-order valence-electron chi connectivity index (χ0n) is 7.42. The first kappa shape index (κ1) is 12.4. The van der Waals surface area contributed by atoms with Crippen LogP contribution >= 0.6 is 24.2 Å². The smallest absolute Gasteiger partial charge is 0.246 e. The van der Waals surface area contributed by atoms with Crippen LogP contribution in [0.15, 0.2) is 29.2 Å². The summed E-state index contributed by atoms with van der Waals surface area (Å²) < 4.78 is 21.8. The summed E-state index contributed by atoms with van der Waals surface area (Å²) in [6, 6.07) is 5.42. The highest BCUT2D eigenvalue weighted by atomic mass is 35.5. The second-order valence-corrected chi connectivity index (χ2v) is 6.09. The molecule has 1 aromatic carbocycles. The molecule has 1 aromatic rings. The maximum Gasteiger partial charge on any atom is 0.246 e. The molecule has 0 saturated heterocycles. The summed E-state index contributed by atoms with van der Waals surface area (Å²) in [5.41, 5.74) is 4.87. The summed E-state index contributed by atoms with van der Waals surface area (Å²) >= 11 is 9.25. The van der Waals surface area contributed by atoms with Gasteiger partial charge in [0.15, 0.2) is 14.4 Å². The molecule has 1 atom stereocenters. The van der Waals surface area contributed by atoms with Crippen LogP contribution in [0.1, 0.15) is 0 Å². The molecule has 4 nitrogen and oxygen atoms in total. The lowest BCUT2D eigenvalue weighted by Crippen LogP contribution is -2.31. The number of benzene rings is 1. The van der Waals surface area contributed by atoms with Crippen LogP contribution in [0.3, 0.4) is 0 Å².